The molecule has 2 saturated heterocycles. The van der Waals surface area contributed by atoms with Gasteiger partial charge in [-0.2, -0.15) is 0 Å². The number of nitrogens with zero attached hydrogens (tertiary/aromatic N) is 2. The number of benzene rings is 1. The van der Waals surface area contributed by atoms with E-state index in [-0.39, 0.29) is 23.8 Å². The van der Waals surface area contributed by atoms with Gasteiger partial charge in [-0.1, -0.05) is 29.8 Å². The van der Waals surface area contributed by atoms with Gasteiger partial charge in [-0.05, 0) is 63.9 Å². The quantitative estimate of drug-likeness (QED) is 0.654. The van der Waals surface area contributed by atoms with Gasteiger partial charge in [-0.15, -0.1) is 0 Å². The Balaban J connectivity index is 1.55. The van der Waals surface area contributed by atoms with Gasteiger partial charge < -0.3 is 10.1 Å². The third-order valence-electron chi connectivity index (χ3n) is 5.83. The zero-order chi connectivity index (χ0) is 20.6. The summed E-state index contributed by atoms with van der Waals surface area (Å²) in [5.74, 6) is -0.284. The molecule has 3 rings (SSSR count). The normalized spacial score (nSPS) is 21.7. The molecule has 7 heteroatoms. The largest absolute Gasteiger partial charge is 0.466 e. The number of amides is 1. The SMILES string of the molecule is CCOC(=O)C1CCCN(CC(=O)NCC(c2ccccc2Cl)N2CCCC2)C1. The van der Waals surface area contributed by atoms with Crippen molar-refractivity contribution in [3.05, 3.63) is 34.9 Å². The summed E-state index contributed by atoms with van der Waals surface area (Å²) >= 11 is 6.45. The highest BCUT2D eigenvalue weighted by molar-refractivity contribution is 6.31. The molecule has 2 fully saturated rings. The fraction of sp³-hybridized carbons (Fsp3) is 0.636. The van der Waals surface area contributed by atoms with E-state index in [1.807, 2.05) is 31.2 Å². The van der Waals surface area contributed by atoms with Crippen molar-refractivity contribution >= 4 is 23.5 Å². The molecule has 2 atom stereocenters. The van der Waals surface area contributed by atoms with E-state index in [0.717, 1.165) is 43.1 Å². The third-order valence-corrected chi connectivity index (χ3v) is 6.18. The average molecular weight is 422 g/mol. The Labute approximate surface area is 178 Å². The number of hydrogen-bond donors (Lipinski definition) is 1. The smallest absolute Gasteiger partial charge is 0.310 e. The van der Waals surface area contributed by atoms with Gasteiger partial charge in [0.1, 0.15) is 0 Å². The maximum atomic E-state index is 12.6. The molecular weight excluding hydrogens is 390 g/mol. The number of ether oxygens (including phenoxy) is 1. The van der Waals surface area contributed by atoms with Gasteiger partial charge in [-0.25, -0.2) is 0 Å². The minimum absolute atomic E-state index is 0.00856. The minimum atomic E-state index is -0.148. The van der Waals surface area contributed by atoms with Crippen molar-refractivity contribution in [2.75, 3.05) is 45.9 Å². The van der Waals surface area contributed by atoms with Crippen molar-refractivity contribution in [2.45, 2.75) is 38.6 Å². The summed E-state index contributed by atoms with van der Waals surface area (Å²) < 4.78 is 5.15. The summed E-state index contributed by atoms with van der Waals surface area (Å²) in [6.45, 7) is 6.55. The monoisotopic (exact) mass is 421 g/mol. The fourth-order valence-corrected chi connectivity index (χ4v) is 4.62. The molecule has 2 heterocycles. The molecule has 2 aliphatic rings. The second-order valence-electron chi connectivity index (χ2n) is 7.91. The number of carbonyl (C=O) groups excluding carboxylic acids is 2. The van der Waals surface area contributed by atoms with E-state index in [0.29, 0.717) is 26.2 Å². The summed E-state index contributed by atoms with van der Waals surface area (Å²) in [5, 5.41) is 3.85. The number of rotatable bonds is 8. The van der Waals surface area contributed by atoms with E-state index in [1.165, 1.54) is 12.8 Å². The molecule has 1 amide bonds. The molecule has 1 aromatic carbocycles. The molecule has 0 spiro atoms. The van der Waals surface area contributed by atoms with Crippen molar-refractivity contribution < 1.29 is 14.3 Å². The van der Waals surface area contributed by atoms with Crippen molar-refractivity contribution in [3.8, 4) is 0 Å². The first-order valence-corrected chi connectivity index (χ1v) is 11.1. The predicted octanol–water partition coefficient (Wildman–Crippen LogP) is 2.87. The first kappa shape index (κ1) is 22.1. The standard InChI is InChI=1S/C22H32ClN3O3/c1-2-29-22(28)17-8-7-11-25(15-17)16-21(27)24-14-20(26-12-5-6-13-26)18-9-3-4-10-19(18)23/h3-4,9-10,17,20H,2,5-8,11-16H2,1H3,(H,24,27). The van der Waals surface area contributed by atoms with Crippen molar-refractivity contribution in [2.24, 2.45) is 5.92 Å². The van der Waals surface area contributed by atoms with Crippen LogP contribution < -0.4 is 5.32 Å². The van der Waals surface area contributed by atoms with Crippen molar-refractivity contribution in [3.63, 3.8) is 0 Å². The first-order valence-electron chi connectivity index (χ1n) is 10.7. The molecular formula is C22H32ClN3O3. The maximum absolute atomic E-state index is 12.6. The van der Waals surface area contributed by atoms with Gasteiger partial charge in [-0.3, -0.25) is 19.4 Å². The summed E-state index contributed by atoms with van der Waals surface area (Å²) in [6.07, 6.45) is 4.10. The summed E-state index contributed by atoms with van der Waals surface area (Å²) in [5.41, 5.74) is 1.07. The Morgan fingerprint density at radius 3 is 2.69 bits per heavy atom. The van der Waals surface area contributed by atoms with E-state index in [2.05, 4.69) is 15.1 Å². The van der Waals surface area contributed by atoms with Crippen LogP contribution in [0.3, 0.4) is 0 Å². The van der Waals surface area contributed by atoms with Crippen LogP contribution in [0.1, 0.15) is 44.2 Å². The molecule has 0 bridgehead atoms. The third kappa shape index (κ3) is 6.17. The van der Waals surface area contributed by atoms with E-state index >= 15 is 0 Å². The zero-order valence-electron chi connectivity index (χ0n) is 17.2. The van der Waals surface area contributed by atoms with Gasteiger partial charge in [0.25, 0.3) is 0 Å². The molecule has 6 nitrogen and oxygen atoms in total. The lowest BCUT2D eigenvalue weighted by atomic mass is 9.98. The first-order chi connectivity index (χ1) is 14.1. The van der Waals surface area contributed by atoms with Gasteiger partial charge >= 0.3 is 5.97 Å². The highest BCUT2D eigenvalue weighted by Gasteiger charge is 2.29. The van der Waals surface area contributed by atoms with E-state index in [9.17, 15) is 9.59 Å². The highest BCUT2D eigenvalue weighted by Crippen LogP contribution is 2.29. The molecule has 1 aromatic rings. The summed E-state index contributed by atoms with van der Waals surface area (Å²) in [6, 6.07) is 7.97. The van der Waals surface area contributed by atoms with Crippen LogP contribution >= 0.6 is 11.6 Å². The Bertz CT molecular complexity index is 694. The van der Waals surface area contributed by atoms with Gasteiger partial charge in [0.15, 0.2) is 0 Å². The number of esters is 1. The van der Waals surface area contributed by atoms with Crippen LogP contribution in [-0.4, -0.2) is 67.6 Å². The lowest BCUT2D eigenvalue weighted by Crippen LogP contribution is -2.46. The van der Waals surface area contributed by atoms with Crippen LogP contribution in [0, 0.1) is 5.92 Å². The second-order valence-corrected chi connectivity index (χ2v) is 8.32. The Kier molecular flexibility index (Phi) is 8.33. The van der Waals surface area contributed by atoms with Crippen molar-refractivity contribution in [1.82, 2.24) is 15.1 Å². The van der Waals surface area contributed by atoms with Gasteiger partial charge in [0, 0.05) is 18.1 Å². The van der Waals surface area contributed by atoms with Crippen LogP contribution in [0.25, 0.3) is 0 Å². The molecule has 160 valence electrons. The number of hydrogen-bond acceptors (Lipinski definition) is 5. The van der Waals surface area contributed by atoms with E-state index in [1.54, 1.807) is 0 Å². The van der Waals surface area contributed by atoms with Gasteiger partial charge in [0.2, 0.25) is 5.91 Å². The number of likely N-dealkylation sites (tertiary alicyclic amines) is 2. The maximum Gasteiger partial charge on any atom is 0.310 e. The second kappa shape index (κ2) is 11.0. The lowest BCUT2D eigenvalue weighted by molar-refractivity contribution is -0.150. The zero-order valence-corrected chi connectivity index (χ0v) is 18.0. The highest BCUT2D eigenvalue weighted by atomic mass is 35.5. The summed E-state index contributed by atoms with van der Waals surface area (Å²) in [4.78, 5) is 29.1. The Morgan fingerprint density at radius 2 is 1.97 bits per heavy atom. The van der Waals surface area contributed by atoms with Crippen LogP contribution in [-0.2, 0) is 14.3 Å². The fourth-order valence-electron chi connectivity index (χ4n) is 4.36. The Hall–Kier alpha value is -1.63. The lowest BCUT2D eigenvalue weighted by Gasteiger charge is -2.32. The average Bonchev–Trinajstić information content (AvgIpc) is 3.24. The molecule has 0 saturated carbocycles. The molecule has 0 aromatic heterocycles. The number of carbonyl (C=O) groups is 2. The molecule has 29 heavy (non-hydrogen) atoms. The van der Waals surface area contributed by atoms with Crippen LogP contribution in [0.15, 0.2) is 24.3 Å². The molecule has 2 unspecified atom stereocenters. The molecule has 0 radical (unpaired) electrons. The van der Waals surface area contributed by atoms with Gasteiger partial charge in [0.05, 0.1) is 25.1 Å². The topological polar surface area (TPSA) is 61.9 Å². The van der Waals surface area contributed by atoms with E-state index < -0.39 is 0 Å². The minimum Gasteiger partial charge on any atom is -0.466 e. The molecule has 1 N–H and O–H groups in total. The number of halogens is 1. The van der Waals surface area contributed by atoms with Crippen LogP contribution in [0.2, 0.25) is 5.02 Å². The molecule has 2 aliphatic heterocycles. The van der Waals surface area contributed by atoms with Crippen LogP contribution in [0.5, 0.6) is 0 Å². The van der Waals surface area contributed by atoms with E-state index in [4.69, 9.17) is 16.3 Å². The number of piperidine rings is 1. The van der Waals surface area contributed by atoms with Crippen molar-refractivity contribution in [1.29, 1.82) is 0 Å². The summed E-state index contributed by atoms with van der Waals surface area (Å²) in [7, 11) is 0. The number of nitrogens with one attached hydrogen (secondary N) is 1. The Morgan fingerprint density at radius 1 is 1.21 bits per heavy atom. The predicted molar refractivity (Wildman–Crippen MR) is 114 cm³/mol. The molecule has 0 aliphatic carbocycles. The van der Waals surface area contributed by atoms with Crippen LogP contribution in [0.4, 0.5) is 0 Å².